The molecule has 0 saturated carbocycles. The highest BCUT2D eigenvalue weighted by Gasteiger charge is 2.21. The average molecular weight is 499 g/mol. The zero-order valence-corrected chi connectivity index (χ0v) is 18.9. The van der Waals surface area contributed by atoms with Crippen LogP contribution in [0.5, 0.6) is 0 Å². The fraction of sp³-hybridized carbons (Fsp3) is 0.0385. The number of fused-ring (bicyclic) bond motifs is 3. The van der Waals surface area contributed by atoms with E-state index >= 15 is 0 Å². The number of hydrogen-bond donors (Lipinski definition) is 1. The molecule has 170 valence electrons. The molecule has 5 aromatic rings. The molecule has 0 aliphatic carbocycles. The number of aromatic nitrogens is 1. The van der Waals surface area contributed by atoms with Crippen molar-refractivity contribution in [2.75, 3.05) is 0 Å². The molecule has 1 heterocycles. The van der Waals surface area contributed by atoms with Gasteiger partial charge in [0.15, 0.2) is 11.6 Å². The van der Waals surface area contributed by atoms with E-state index in [0.717, 1.165) is 12.1 Å². The Morgan fingerprint density at radius 2 is 1.53 bits per heavy atom. The Morgan fingerprint density at radius 3 is 2.24 bits per heavy atom. The summed E-state index contributed by atoms with van der Waals surface area (Å²) < 4.78 is 44.7. The van der Waals surface area contributed by atoms with E-state index in [4.69, 9.17) is 28.9 Å². The van der Waals surface area contributed by atoms with Gasteiger partial charge in [-0.25, -0.2) is 13.2 Å². The Balaban J connectivity index is 1.86. The molecule has 2 N–H and O–H groups in total. The van der Waals surface area contributed by atoms with E-state index in [1.165, 1.54) is 0 Å². The standard InChI is InChI=1S/C26H15Cl2F3N2O/c27-17-4-2-5-18(28)23(17)13-7-8-14-22(11-13)33(12-16-19(29)9-10-20(30)25(16)31)21-6-1-3-15(24(14)21)26(32)34/h1-11H,12H2,(H2,32,34). The maximum atomic E-state index is 14.6. The Kier molecular flexibility index (Phi) is 5.50. The Bertz CT molecular complexity index is 1610. The molecule has 5 rings (SSSR count). The van der Waals surface area contributed by atoms with Crippen molar-refractivity contribution in [3.05, 3.63) is 105 Å². The number of carbonyl (C=O) groups excluding carboxylic acids is 1. The third-order valence-corrected chi connectivity index (χ3v) is 6.49. The molecule has 0 aliphatic heterocycles. The van der Waals surface area contributed by atoms with Crippen molar-refractivity contribution < 1.29 is 18.0 Å². The number of nitrogens with two attached hydrogens (primary N) is 1. The predicted molar refractivity (Wildman–Crippen MR) is 129 cm³/mol. The largest absolute Gasteiger partial charge is 0.366 e. The molecule has 0 fully saturated rings. The molecule has 0 aliphatic rings. The Morgan fingerprint density at radius 1 is 0.853 bits per heavy atom. The third kappa shape index (κ3) is 3.50. The minimum Gasteiger partial charge on any atom is -0.366 e. The molecule has 8 heteroatoms. The van der Waals surface area contributed by atoms with E-state index in [1.54, 1.807) is 59.2 Å². The van der Waals surface area contributed by atoms with E-state index in [-0.39, 0.29) is 12.1 Å². The van der Waals surface area contributed by atoms with Gasteiger partial charge < -0.3 is 10.3 Å². The maximum absolute atomic E-state index is 14.6. The van der Waals surface area contributed by atoms with Crippen LogP contribution in [0, 0.1) is 17.5 Å². The summed E-state index contributed by atoms with van der Waals surface area (Å²) in [5.74, 6) is -3.96. The predicted octanol–water partition coefficient (Wildman–Crippen LogP) is 7.33. The van der Waals surface area contributed by atoms with Crippen LogP contribution in [0.15, 0.2) is 66.7 Å². The van der Waals surface area contributed by atoms with Gasteiger partial charge >= 0.3 is 0 Å². The summed E-state index contributed by atoms with van der Waals surface area (Å²) in [5.41, 5.74) is 7.72. The second-order valence-electron chi connectivity index (χ2n) is 7.80. The lowest BCUT2D eigenvalue weighted by molar-refractivity contribution is 0.100. The average Bonchev–Trinajstić information content (AvgIpc) is 3.12. The third-order valence-electron chi connectivity index (χ3n) is 5.86. The lowest BCUT2D eigenvalue weighted by Crippen LogP contribution is -2.11. The lowest BCUT2D eigenvalue weighted by atomic mass is 10.0. The monoisotopic (exact) mass is 498 g/mol. The second-order valence-corrected chi connectivity index (χ2v) is 8.61. The number of rotatable bonds is 4. The van der Waals surface area contributed by atoms with Crippen molar-refractivity contribution in [3.8, 4) is 11.1 Å². The lowest BCUT2D eigenvalue weighted by Gasteiger charge is -2.12. The van der Waals surface area contributed by atoms with Gasteiger partial charge in [-0.3, -0.25) is 4.79 Å². The van der Waals surface area contributed by atoms with Gasteiger partial charge in [-0.1, -0.05) is 47.5 Å². The summed E-state index contributed by atoms with van der Waals surface area (Å²) in [7, 11) is 0. The van der Waals surface area contributed by atoms with Crippen LogP contribution in [-0.2, 0) is 6.54 Å². The maximum Gasteiger partial charge on any atom is 0.249 e. The number of benzene rings is 4. The second kappa shape index (κ2) is 8.38. The van der Waals surface area contributed by atoms with E-state index in [9.17, 15) is 18.0 Å². The topological polar surface area (TPSA) is 48.0 Å². The Hall–Kier alpha value is -3.48. The van der Waals surface area contributed by atoms with Crippen LogP contribution >= 0.6 is 23.2 Å². The van der Waals surface area contributed by atoms with Gasteiger partial charge in [0, 0.05) is 37.5 Å². The van der Waals surface area contributed by atoms with Gasteiger partial charge in [0.25, 0.3) is 0 Å². The van der Waals surface area contributed by atoms with Crippen molar-refractivity contribution in [1.29, 1.82) is 0 Å². The highest BCUT2D eigenvalue weighted by molar-refractivity contribution is 6.39. The SMILES string of the molecule is NC(=O)c1cccc2c1c1ccc(-c3c(Cl)cccc3Cl)cc1n2Cc1c(F)ccc(F)c1F. The first-order chi connectivity index (χ1) is 16.3. The zero-order valence-electron chi connectivity index (χ0n) is 17.4. The van der Waals surface area contributed by atoms with E-state index in [2.05, 4.69) is 0 Å². The summed E-state index contributed by atoms with van der Waals surface area (Å²) >= 11 is 12.8. The van der Waals surface area contributed by atoms with Gasteiger partial charge in [0.05, 0.1) is 17.6 Å². The molecule has 0 spiro atoms. The molecule has 0 radical (unpaired) electrons. The van der Waals surface area contributed by atoms with Crippen LogP contribution in [0.25, 0.3) is 32.9 Å². The minimum absolute atomic E-state index is 0.255. The number of primary amides is 1. The smallest absolute Gasteiger partial charge is 0.249 e. The molecule has 4 aromatic carbocycles. The van der Waals surface area contributed by atoms with E-state index in [1.807, 2.05) is 0 Å². The zero-order chi connectivity index (χ0) is 24.1. The first kappa shape index (κ1) is 22.3. The number of amides is 1. The first-order valence-corrected chi connectivity index (χ1v) is 10.9. The van der Waals surface area contributed by atoms with Crippen LogP contribution < -0.4 is 5.73 Å². The fourth-order valence-electron chi connectivity index (χ4n) is 4.32. The first-order valence-electron chi connectivity index (χ1n) is 10.2. The molecule has 0 saturated heterocycles. The van der Waals surface area contributed by atoms with Crippen molar-refractivity contribution in [1.82, 2.24) is 4.57 Å². The van der Waals surface area contributed by atoms with Crippen molar-refractivity contribution in [2.24, 2.45) is 5.73 Å². The van der Waals surface area contributed by atoms with Gasteiger partial charge in [-0.15, -0.1) is 0 Å². The molecule has 1 aromatic heterocycles. The van der Waals surface area contributed by atoms with Crippen LogP contribution in [-0.4, -0.2) is 10.5 Å². The number of carbonyl (C=O) groups is 1. The van der Waals surface area contributed by atoms with Crippen LogP contribution in [0.3, 0.4) is 0 Å². The van der Waals surface area contributed by atoms with Crippen LogP contribution in [0.1, 0.15) is 15.9 Å². The van der Waals surface area contributed by atoms with Crippen LogP contribution in [0.4, 0.5) is 13.2 Å². The van der Waals surface area contributed by atoms with E-state index < -0.39 is 28.9 Å². The van der Waals surface area contributed by atoms with E-state index in [0.29, 0.717) is 43.0 Å². The summed E-state index contributed by atoms with van der Waals surface area (Å²) in [4.78, 5) is 12.2. The van der Waals surface area contributed by atoms with Crippen molar-refractivity contribution >= 4 is 50.9 Å². The number of hydrogen-bond acceptors (Lipinski definition) is 1. The van der Waals surface area contributed by atoms with Crippen molar-refractivity contribution in [2.45, 2.75) is 6.54 Å². The summed E-state index contributed by atoms with van der Waals surface area (Å²) in [6.45, 7) is -0.322. The molecule has 34 heavy (non-hydrogen) atoms. The normalized spacial score (nSPS) is 11.4. The highest BCUT2D eigenvalue weighted by Crippen LogP contribution is 2.39. The summed E-state index contributed by atoms with van der Waals surface area (Å²) in [6.07, 6.45) is 0. The van der Waals surface area contributed by atoms with Gasteiger partial charge in [0.1, 0.15) is 5.82 Å². The Labute approximate surface area is 202 Å². The molecule has 1 amide bonds. The van der Waals surface area contributed by atoms with Gasteiger partial charge in [-0.2, -0.15) is 0 Å². The molecule has 0 atom stereocenters. The quantitative estimate of drug-likeness (QED) is 0.259. The summed E-state index contributed by atoms with van der Waals surface area (Å²) in [5, 5.41) is 2.01. The molecule has 0 unspecified atom stereocenters. The molecular formula is C26H15Cl2F3N2O. The number of halogens is 5. The highest BCUT2D eigenvalue weighted by atomic mass is 35.5. The van der Waals surface area contributed by atoms with Gasteiger partial charge in [-0.05, 0) is 48.0 Å². The molecular weight excluding hydrogens is 484 g/mol. The van der Waals surface area contributed by atoms with Gasteiger partial charge in [0.2, 0.25) is 5.91 Å². The minimum atomic E-state index is -1.27. The van der Waals surface area contributed by atoms with Crippen LogP contribution in [0.2, 0.25) is 10.0 Å². The molecule has 3 nitrogen and oxygen atoms in total. The van der Waals surface area contributed by atoms with Crippen molar-refractivity contribution in [3.63, 3.8) is 0 Å². The number of nitrogens with zero attached hydrogens (tertiary/aromatic N) is 1. The molecule has 0 bridgehead atoms. The fourth-order valence-corrected chi connectivity index (χ4v) is 4.94. The summed E-state index contributed by atoms with van der Waals surface area (Å²) in [6, 6.07) is 17.0.